The van der Waals surface area contributed by atoms with Crippen LogP contribution in [0.5, 0.6) is 0 Å². The molecular weight excluding hydrogens is 250 g/mol. The topological polar surface area (TPSA) is 40.5 Å². The summed E-state index contributed by atoms with van der Waals surface area (Å²) in [6.07, 6.45) is 2.80. The smallest absolute Gasteiger partial charge is 0.256 e. The molecular formula is C17H25NO2. The molecule has 3 nitrogen and oxygen atoms in total. The Labute approximate surface area is 121 Å². The normalized spacial score (nSPS) is 25.6. The number of carbonyl (C=O) groups excluding carboxylic acids is 1. The molecule has 2 fully saturated rings. The number of likely N-dealkylation sites (tertiary alicyclic amines) is 1. The van der Waals surface area contributed by atoms with E-state index in [4.69, 9.17) is 0 Å². The van der Waals surface area contributed by atoms with Crippen molar-refractivity contribution in [2.75, 3.05) is 13.1 Å². The van der Waals surface area contributed by atoms with E-state index in [1.54, 1.807) is 12.1 Å². The van der Waals surface area contributed by atoms with Crippen LogP contribution in [0.3, 0.4) is 0 Å². The monoisotopic (exact) mass is 275 g/mol. The molecule has 0 aromatic heterocycles. The summed E-state index contributed by atoms with van der Waals surface area (Å²) >= 11 is 0. The van der Waals surface area contributed by atoms with Gasteiger partial charge in [-0.1, -0.05) is 50.6 Å². The Balaban J connectivity index is 0.000000704. The van der Waals surface area contributed by atoms with Crippen molar-refractivity contribution in [1.82, 2.24) is 4.90 Å². The van der Waals surface area contributed by atoms with Crippen molar-refractivity contribution in [1.29, 1.82) is 0 Å². The predicted octanol–water partition coefficient (Wildman–Crippen LogP) is 3.00. The van der Waals surface area contributed by atoms with Gasteiger partial charge in [-0.15, -0.1) is 0 Å². The van der Waals surface area contributed by atoms with E-state index >= 15 is 0 Å². The van der Waals surface area contributed by atoms with Crippen LogP contribution in [0.25, 0.3) is 0 Å². The summed E-state index contributed by atoms with van der Waals surface area (Å²) in [5, 5.41) is 10.1. The van der Waals surface area contributed by atoms with Crippen molar-refractivity contribution in [3.05, 3.63) is 35.9 Å². The van der Waals surface area contributed by atoms with Crippen LogP contribution in [-0.2, 0) is 4.79 Å². The molecule has 1 heterocycles. The molecule has 20 heavy (non-hydrogen) atoms. The Hall–Kier alpha value is -1.35. The first-order valence-electron chi connectivity index (χ1n) is 7.77. The number of aliphatic hydroxyl groups is 1. The van der Waals surface area contributed by atoms with E-state index in [2.05, 4.69) is 0 Å². The zero-order valence-electron chi connectivity index (χ0n) is 12.5. The molecule has 3 heteroatoms. The molecule has 3 rings (SSSR count). The van der Waals surface area contributed by atoms with Gasteiger partial charge in [0, 0.05) is 13.1 Å². The SMILES string of the molecule is CC.O=C(C(O)c1ccccc1)N1CC2CCCC2C1. The molecule has 1 N–H and O–H groups in total. The maximum Gasteiger partial charge on any atom is 0.256 e. The van der Waals surface area contributed by atoms with E-state index in [-0.39, 0.29) is 5.91 Å². The third-order valence-corrected chi connectivity index (χ3v) is 4.39. The fraction of sp³-hybridized carbons (Fsp3) is 0.588. The molecule has 1 saturated heterocycles. The summed E-state index contributed by atoms with van der Waals surface area (Å²) in [5.41, 5.74) is 0.694. The average molecular weight is 275 g/mol. The van der Waals surface area contributed by atoms with Gasteiger partial charge in [0.25, 0.3) is 5.91 Å². The molecule has 3 unspecified atom stereocenters. The number of amides is 1. The van der Waals surface area contributed by atoms with Crippen LogP contribution in [-0.4, -0.2) is 29.0 Å². The minimum absolute atomic E-state index is 0.129. The van der Waals surface area contributed by atoms with Crippen molar-refractivity contribution in [2.45, 2.75) is 39.2 Å². The van der Waals surface area contributed by atoms with Crippen LogP contribution in [0, 0.1) is 11.8 Å². The van der Waals surface area contributed by atoms with Crippen LogP contribution in [0.1, 0.15) is 44.8 Å². The molecule has 110 valence electrons. The van der Waals surface area contributed by atoms with Crippen LogP contribution in [0.2, 0.25) is 0 Å². The quantitative estimate of drug-likeness (QED) is 0.901. The Morgan fingerprint density at radius 2 is 1.70 bits per heavy atom. The minimum atomic E-state index is -0.995. The van der Waals surface area contributed by atoms with Crippen LogP contribution in [0.15, 0.2) is 30.3 Å². The van der Waals surface area contributed by atoms with Gasteiger partial charge in [0.1, 0.15) is 0 Å². The number of fused-ring (bicyclic) bond motifs is 1. The van der Waals surface area contributed by atoms with Gasteiger partial charge < -0.3 is 10.0 Å². The van der Waals surface area contributed by atoms with Gasteiger partial charge in [0.05, 0.1) is 0 Å². The van der Waals surface area contributed by atoms with Crippen LogP contribution < -0.4 is 0 Å². The number of carbonyl (C=O) groups is 1. The predicted molar refractivity (Wildman–Crippen MR) is 80.2 cm³/mol. The standard InChI is InChI=1S/C15H19NO2.C2H6/c17-14(11-5-2-1-3-6-11)15(18)16-9-12-7-4-8-13(12)10-16;1-2/h1-3,5-6,12-14,17H,4,7-10H2;1-2H3. The van der Waals surface area contributed by atoms with Gasteiger partial charge in [-0.2, -0.15) is 0 Å². The number of hydrogen-bond donors (Lipinski definition) is 1. The third kappa shape index (κ3) is 3.04. The number of rotatable bonds is 2. The van der Waals surface area contributed by atoms with Gasteiger partial charge in [0.2, 0.25) is 0 Å². The summed E-state index contributed by atoms with van der Waals surface area (Å²) in [4.78, 5) is 14.1. The highest BCUT2D eigenvalue weighted by Gasteiger charge is 2.39. The summed E-state index contributed by atoms with van der Waals surface area (Å²) in [6.45, 7) is 5.68. The van der Waals surface area contributed by atoms with E-state index < -0.39 is 6.10 Å². The molecule has 2 aliphatic rings. The Kier molecular flexibility index (Phi) is 5.18. The number of aliphatic hydroxyl groups excluding tert-OH is 1. The summed E-state index contributed by atoms with van der Waals surface area (Å²) in [6, 6.07) is 9.20. The molecule has 0 radical (unpaired) electrons. The fourth-order valence-corrected chi connectivity index (χ4v) is 3.37. The first-order valence-corrected chi connectivity index (χ1v) is 7.77. The van der Waals surface area contributed by atoms with E-state index in [0.717, 1.165) is 13.1 Å². The van der Waals surface area contributed by atoms with Crippen molar-refractivity contribution in [3.8, 4) is 0 Å². The van der Waals surface area contributed by atoms with E-state index in [0.29, 0.717) is 17.4 Å². The molecule has 3 atom stereocenters. The fourth-order valence-electron chi connectivity index (χ4n) is 3.37. The largest absolute Gasteiger partial charge is 0.378 e. The van der Waals surface area contributed by atoms with Gasteiger partial charge in [-0.3, -0.25) is 4.79 Å². The van der Waals surface area contributed by atoms with Crippen molar-refractivity contribution in [2.24, 2.45) is 11.8 Å². The second-order valence-corrected chi connectivity index (χ2v) is 5.51. The first-order chi connectivity index (χ1) is 9.75. The summed E-state index contributed by atoms with van der Waals surface area (Å²) in [7, 11) is 0. The molecule has 1 aliphatic heterocycles. The molecule has 1 aromatic rings. The van der Waals surface area contributed by atoms with Gasteiger partial charge >= 0.3 is 0 Å². The van der Waals surface area contributed by atoms with E-state index in [1.165, 1.54) is 19.3 Å². The van der Waals surface area contributed by atoms with Crippen molar-refractivity contribution in [3.63, 3.8) is 0 Å². The van der Waals surface area contributed by atoms with Gasteiger partial charge in [-0.05, 0) is 30.2 Å². The zero-order chi connectivity index (χ0) is 14.5. The molecule has 0 bridgehead atoms. The summed E-state index contributed by atoms with van der Waals surface area (Å²) < 4.78 is 0. The summed E-state index contributed by atoms with van der Waals surface area (Å²) in [5.74, 6) is 1.23. The molecule has 1 saturated carbocycles. The van der Waals surface area contributed by atoms with Gasteiger partial charge in [-0.25, -0.2) is 0 Å². The maximum absolute atomic E-state index is 12.3. The van der Waals surface area contributed by atoms with Crippen LogP contribution in [0.4, 0.5) is 0 Å². The first kappa shape index (κ1) is 15.0. The second-order valence-electron chi connectivity index (χ2n) is 5.51. The zero-order valence-corrected chi connectivity index (χ0v) is 12.5. The molecule has 0 spiro atoms. The minimum Gasteiger partial charge on any atom is -0.378 e. The lowest BCUT2D eigenvalue weighted by molar-refractivity contribution is -0.139. The van der Waals surface area contributed by atoms with Crippen molar-refractivity contribution < 1.29 is 9.90 Å². The highest BCUT2D eigenvalue weighted by molar-refractivity contribution is 5.82. The Bertz CT molecular complexity index is 420. The number of nitrogens with zero attached hydrogens (tertiary/aromatic N) is 1. The lowest BCUT2D eigenvalue weighted by Gasteiger charge is -2.21. The van der Waals surface area contributed by atoms with E-state index in [1.807, 2.05) is 36.9 Å². The number of hydrogen-bond acceptors (Lipinski definition) is 2. The third-order valence-electron chi connectivity index (χ3n) is 4.39. The lowest BCUT2D eigenvalue weighted by Crippen LogP contribution is -2.34. The molecule has 1 amide bonds. The Morgan fingerprint density at radius 1 is 1.15 bits per heavy atom. The average Bonchev–Trinajstić information content (AvgIpc) is 3.10. The lowest BCUT2D eigenvalue weighted by atomic mass is 10.0. The highest BCUT2D eigenvalue weighted by Crippen LogP contribution is 2.38. The molecule has 1 aliphatic carbocycles. The second kappa shape index (κ2) is 6.89. The maximum atomic E-state index is 12.3. The van der Waals surface area contributed by atoms with Crippen LogP contribution >= 0.6 is 0 Å². The van der Waals surface area contributed by atoms with E-state index in [9.17, 15) is 9.90 Å². The van der Waals surface area contributed by atoms with Gasteiger partial charge in [0.15, 0.2) is 6.10 Å². The highest BCUT2D eigenvalue weighted by atomic mass is 16.3. The Morgan fingerprint density at radius 3 is 2.25 bits per heavy atom. The van der Waals surface area contributed by atoms with Crippen molar-refractivity contribution >= 4 is 5.91 Å². The number of benzene rings is 1. The molecule has 1 aromatic carbocycles.